The van der Waals surface area contributed by atoms with Crippen LogP contribution in [0.25, 0.3) is 0 Å². The number of hydrogen-bond donors (Lipinski definition) is 1. The highest BCUT2D eigenvalue weighted by molar-refractivity contribution is 5.14. The van der Waals surface area contributed by atoms with Crippen molar-refractivity contribution in [3.05, 3.63) is 35.9 Å². The van der Waals surface area contributed by atoms with Crippen molar-refractivity contribution in [2.24, 2.45) is 11.7 Å². The van der Waals surface area contributed by atoms with Crippen molar-refractivity contribution in [3.63, 3.8) is 0 Å². The van der Waals surface area contributed by atoms with E-state index >= 15 is 0 Å². The van der Waals surface area contributed by atoms with Crippen molar-refractivity contribution in [1.29, 1.82) is 0 Å². The van der Waals surface area contributed by atoms with Crippen LogP contribution in [0.1, 0.15) is 32.3 Å². The maximum Gasteiger partial charge on any atom is 0.220 e. The fraction of sp³-hybridized carbons (Fsp3) is 0.714. The van der Waals surface area contributed by atoms with Gasteiger partial charge in [0.25, 0.3) is 0 Å². The molecule has 0 radical (unpaired) electrons. The van der Waals surface area contributed by atoms with Crippen LogP contribution >= 0.6 is 0 Å². The van der Waals surface area contributed by atoms with Gasteiger partial charge in [-0.1, -0.05) is 30.3 Å². The summed E-state index contributed by atoms with van der Waals surface area (Å²) in [4.78, 5) is 0. The van der Waals surface area contributed by atoms with E-state index in [4.69, 9.17) is 34.2 Å². The van der Waals surface area contributed by atoms with Gasteiger partial charge in [0.15, 0.2) is 6.29 Å². The zero-order valence-electron chi connectivity index (χ0n) is 17.1. The Balaban J connectivity index is 1.57. The Morgan fingerprint density at radius 2 is 1.61 bits per heavy atom. The Labute approximate surface area is 166 Å². The first-order valence-electron chi connectivity index (χ1n) is 9.86. The van der Waals surface area contributed by atoms with Gasteiger partial charge >= 0.3 is 0 Å². The molecule has 7 heteroatoms. The predicted octanol–water partition coefficient (Wildman–Crippen LogP) is 2.18. The zero-order valence-corrected chi connectivity index (χ0v) is 17.1. The van der Waals surface area contributed by atoms with Gasteiger partial charge in [0.05, 0.1) is 19.3 Å². The number of benzene rings is 1. The Morgan fingerprint density at radius 1 is 1.00 bits per heavy atom. The lowest BCUT2D eigenvalue weighted by molar-refractivity contribution is -0.478. The molecular formula is C21H31NO6. The predicted molar refractivity (Wildman–Crippen MR) is 101 cm³/mol. The summed E-state index contributed by atoms with van der Waals surface area (Å²) >= 11 is 0. The van der Waals surface area contributed by atoms with E-state index < -0.39 is 24.0 Å². The Kier molecular flexibility index (Phi) is 5.29. The molecule has 1 aromatic carbocycles. The summed E-state index contributed by atoms with van der Waals surface area (Å²) in [5.41, 5.74) is 7.32. The lowest BCUT2D eigenvalue weighted by atomic mass is 9.85. The number of hydrogen-bond acceptors (Lipinski definition) is 7. The van der Waals surface area contributed by atoms with Crippen LogP contribution in [-0.2, 0) is 35.0 Å². The molecule has 28 heavy (non-hydrogen) atoms. The van der Waals surface area contributed by atoms with E-state index in [-0.39, 0.29) is 17.6 Å². The molecule has 2 saturated heterocycles. The van der Waals surface area contributed by atoms with Crippen molar-refractivity contribution in [2.45, 2.75) is 68.9 Å². The fourth-order valence-electron chi connectivity index (χ4n) is 4.15. The normalized spacial score (nSPS) is 42.0. The summed E-state index contributed by atoms with van der Waals surface area (Å²) in [6, 6.07) is 9.97. The van der Waals surface area contributed by atoms with Gasteiger partial charge in [0, 0.05) is 25.7 Å². The smallest absolute Gasteiger partial charge is 0.220 e. The largest absolute Gasteiger partial charge is 0.349 e. The van der Waals surface area contributed by atoms with Gasteiger partial charge in [0.2, 0.25) is 11.6 Å². The molecule has 156 valence electrons. The second-order valence-corrected chi connectivity index (χ2v) is 8.30. The third-order valence-corrected chi connectivity index (χ3v) is 6.58. The molecule has 1 aliphatic carbocycles. The van der Waals surface area contributed by atoms with E-state index in [2.05, 4.69) is 0 Å². The van der Waals surface area contributed by atoms with E-state index in [0.717, 1.165) is 18.4 Å². The molecule has 0 amide bonds. The second kappa shape index (κ2) is 7.32. The van der Waals surface area contributed by atoms with Crippen LogP contribution in [0.15, 0.2) is 30.3 Å². The van der Waals surface area contributed by atoms with Crippen molar-refractivity contribution in [2.75, 3.05) is 20.8 Å². The zero-order chi connectivity index (χ0) is 20.0. The molecule has 1 aromatic rings. The van der Waals surface area contributed by atoms with Gasteiger partial charge in [-0.2, -0.15) is 0 Å². The minimum Gasteiger partial charge on any atom is -0.349 e. The minimum atomic E-state index is -1.12. The maximum absolute atomic E-state index is 6.54. The van der Waals surface area contributed by atoms with Crippen LogP contribution < -0.4 is 5.73 Å². The van der Waals surface area contributed by atoms with Gasteiger partial charge in [-0.15, -0.1) is 0 Å². The lowest BCUT2D eigenvalue weighted by Gasteiger charge is -2.56. The molecule has 3 fully saturated rings. The fourth-order valence-corrected chi connectivity index (χ4v) is 4.15. The summed E-state index contributed by atoms with van der Waals surface area (Å²) in [5.74, 6) is -2.19. The van der Waals surface area contributed by atoms with Crippen molar-refractivity contribution in [3.8, 4) is 0 Å². The lowest BCUT2D eigenvalue weighted by Crippen LogP contribution is -2.72. The van der Waals surface area contributed by atoms with Crippen LogP contribution in [0, 0.1) is 5.92 Å². The van der Waals surface area contributed by atoms with E-state index in [0.29, 0.717) is 13.2 Å². The SMILES string of the molecule is CO[C@@]1(C)O[C@@H]2[C@H](OCc3ccccc3)OC[C@@H](C3(N)CC3)[C@H]2O[C@]1(C)OC. The van der Waals surface area contributed by atoms with Gasteiger partial charge < -0.3 is 34.2 Å². The quantitative estimate of drug-likeness (QED) is 0.793. The molecule has 2 heterocycles. The van der Waals surface area contributed by atoms with Gasteiger partial charge in [-0.05, 0) is 32.3 Å². The maximum atomic E-state index is 6.54. The summed E-state index contributed by atoms with van der Waals surface area (Å²) in [5, 5.41) is 0. The molecule has 2 N–H and O–H groups in total. The van der Waals surface area contributed by atoms with Crippen LogP contribution in [0.3, 0.4) is 0 Å². The molecule has 3 aliphatic rings. The Hall–Kier alpha value is -1.06. The molecule has 6 atom stereocenters. The molecular weight excluding hydrogens is 362 g/mol. The molecule has 0 unspecified atom stereocenters. The number of methoxy groups -OCH3 is 2. The standard InChI is InChI=1S/C21H31NO6/c1-19(23-3)20(2,24-4)28-17-16(27-19)15(21(22)10-11-21)13-26-18(17)25-12-14-8-6-5-7-9-14/h5-9,15-18H,10-13,22H2,1-4H3/t15-,16-,17+,18-,19+,20+/m1/s1. The summed E-state index contributed by atoms with van der Waals surface area (Å²) in [6.45, 7) is 4.51. The summed E-state index contributed by atoms with van der Waals surface area (Å²) in [6.07, 6.45) is 0.537. The van der Waals surface area contributed by atoms with Crippen molar-refractivity contribution < 1.29 is 28.4 Å². The van der Waals surface area contributed by atoms with Gasteiger partial charge in [-0.3, -0.25) is 0 Å². The minimum absolute atomic E-state index is 0.00459. The van der Waals surface area contributed by atoms with Crippen LogP contribution in [-0.4, -0.2) is 56.4 Å². The molecule has 1 saturated carbocycles. The van der Waals surface area contributed by atoms with Gasteiger partial charge in [-0.25, -0.2) is 0 Å². The molecule has 7 nitrogen and oxygen atoms in total. The monoisotopic (exact) mass is 393 g/mol. The van der Waals surface area contributed by atoms with Crippen molar-refractivity contribution >= 4 is 0 Å². The topological polar surface area (TPSA) is 81.4 Å². The number of fused-ring (bicyclic) bond motifs is 1. The molecule has 4 rings (SSSR count). The first-order valence-corrected chi connectivity index (χ1v) is 9.86. The third-order valence-electron chi connectivity index (χ3n) is 6.58. The number of rotatable bonds is 6. The highest BCUT2D eigenvalue weighted by Crippen LogP contribution is 2.50. The van der Waals surface area contributed by atoms with Gasteiger partial charge in [0.1, 0.15) is 6.10 Å². The van der Waals surface area contributed by atoms with Crippen LogP contribution in [0.4, 0.5) is 0 Å². The summed E-state index contributed by atoms with van der Waals surface area (Å²) < 4.78 is 36.4. The number of nitrogens with two attached hydrogens (primary N) is 1. The van der Waals surface area contributed by atoms with Crippen molar-refractivity contribution in [1.82, 2.24) is 0 Å². The van der Waals surface area contributed by atoms with E-state index in [9.17, 15) is 0 Å². The van der Waals surface area contributed by atoms with E-state index in [1.165, 1.54) is 0 Å². The molecule has 0 spiro atoms. The summed E-state index contributed by atoms with van der Waals surface area (Å²) in [7, 11) is 3.17. The molecule has 0 bridgehead atoms. The third kappa shape index (κ3) is 3.39. The highest BCUT2D eigenvalue weighted by atomic mass is 16.8. The molecule has 0 aromatic heterocycles. The molecule has 2 aliphatic heterocycles. The Bertz CT molecular complexity index is 683. The first kappa shape index (κ1) is 20.2. The highest BCUT2D eigenvalue weighted by Gasteiger charge is 2.64. The number of ether oxygens (including phenoxy) is 6. The van der Waals surface area contributed by atoms with Crippen LogP contribution in [0.5, 0.6) is 0 Å². The van der Waals surface area contributed by atoms with Crippen LogP contribution in [0.2, 0.25) is 0 Å². The average Bonchev–Trinajstić information content (AvgIpc) is 3.46. The Morgan fingerprint density at radius 3 is 2.18 bits per heavy atom. The second-order valence-electron chi connectivity index (χ2n) is 8.30. The van der Waals surface area contributed by atoms with E-state index in [1.807, 2.05) is 37.3 Å². The van der Waals surface area contributed by atoms with E-state index in [1.54, 1.807) is 21.1 Å². The first-order chi connectivity index (χ1) is 13.3. The average molecular weight is 393 g/mol.